The number of nitrogens with zero attached hydrogens (tertiary/aromatic N) is 2. The zero-order valence-electron chi connectivity index (χ0n) is 16.8. The van der Waals surface area contributed by atoms with Gasteiger partial charge in [0.1, 0.15) is 6.17 Å². The fraction of sp³-hybridized carbons (Fsp3) is 0.478. The van der Waals surface area contributed by atoms with Gasteiger partial charge in [-0.3, -0.25) is 0 Å². The van der Waals surface area contributed by atoms with Crippen LogP contribution in [0.1, 0.15) is 45.7 Å². The summed E-state index contributed by atoms with van der Waals surface area (Å²) in [5.74, 6) is 0. The van der Waals surface area contributed by atoms with Gasteiger partial charge in [-0.15, -0.1) is 0 Å². The average molecular weight is 337 g/mol. The quantitative estimate of drug-likeness (QED) is 0.686. The Hall–Kier alpha value is -1.96. The predicted molar refractivity (Wildman–Crippen MR) is 110 cm³/mol. The number of rotatable bonds is 2. The van der Waals surface area contributed by atoms with E-state index in [0.29, 0.717) is 6.17 Å². The fourth-order valence-corrected chi connectivity index (χ4v) is 4.30. The Morgan fingerprint density at radius 3 is 1.80 bits per heavy atom. The normalized spacial score (nSPS) is 20.2. The van der Waals surface area contributed by atoms with E-state index in [2.05, 4.69) is 107 Å². The molecule has 0 amide bonds. The number of anilines is 2. The van der Waals surface area contributed by atoms with Crippen LogP contribution in [0.3, 0.4) is 0 Å². The molecule has 2 heteroatoms. The minimum Gasteiger partial charge on any atom is -0.348 e. The first kappa shape index (κ1) is 17.8. The van der Waals surface area contributed by atoms with Crippen molar-refractivity contribution < 1.29 is 0 Å². The van der Waals surface area contributed by atoms with Crippen molar-refractivity contribution in [1.82, 2.24) is 0 Å². The topological polar surface area (TPSA) is 6.48 Å². The highest BCUT2D eigenvalue weighted by Crippen LogP contribution is 2.45. The zero-order valence-corrected chi connectivity index (χ0v) is 16.8. The average Bonchev–Trinajstić information content (AvgIpc) is 2.79. The van der Waals surface area contributed by atoms with Gasteiger partial charge in [-0.25, -0.2) is 0 Å². The smallest absolute Gasteiger partial charge is 0.107 e. The van der Waals surface area contributed by atoms with Crippen molar-refractivity contribution in [1.29, 1.82) is 0 Å². The third kappa shape index (κ3) is 3.15. The summed E-state index contributed by atoms with van der Waals surface area (Å²) in [4.78, 5) is 5.26. The highest BCUT2D eigenvalue weighted by atomic mass is 15.5. The van der Waals surface area contributed by atoms with Gasteiger partial charge in [-0.05, 0) is 51.0 Å². The lowest BCUT2D eigenvalue weighted by Crippen LogP contribution is -2.52. The highest BCUT2D eigenvalue weighted by Gasteiger charge is 2.50. The van der Waals surface area contributed by atoms with Crippen molar-refractivity contribution in [2.24, 2.45) is 5.41 Å². The number of para-hydroxylation sites is 2. The first-order chi connectivity index (χ1) is 11.6. The third-order valence-electron chi connectivity index (χ3n) is 5.32. The molecule has 2 aromatic rings. The molecule has 1 saturated heterocycles. The number of aryl methyl sites for hydroxylation is 2. The molecule has 3 rings (SSSR count). The maximum atomic E-state index is 2.65. The maximum Gasteiger partial charge on any atom is 0.107 e. The summed E-state index contributed by atoms with van der Waals surface area (Å²) >= 11 is 0. The second-order valence-electron chi connectivity index (χ2n) is 9.12. The summed E-state index contributed by atoms with van der Waals surface area (Å²) in [6.45, 7) is 17.3. The van der Waals surface area contributed by atoms with Crippen molar-refractivity contribution in [3.63, 3.8) is 0 Å². The molecule has 1 atom stereocenters. The Kier molecular flexibility index (Phi) is 4.35. The number of benzene rings is 2. The van der Waals surface area contributed by atoms with Crippen LogP contribution in [0.25, 0.3) is 0 Å². The van der Waals surface area contributed by atoms with Gasteiger partial charge in [0, 0.05) is 23.3 Å². The van der Waals surface area contributed by atoms with Crippen LogP contribution < -0.4 is 9.80 Å². The first-order valence-electron chi connectivity index (χ1n) is 9.30. The number of hydrogen-bond acceptors (Lipinski definition) is 2. The van der Waals surface area contributed by atoms with Crippen molar-refractivity contribution >= 4 is 11.4 Å². The maximum absolute atomic E-state index is 2.65. The summed E-state index contributed by atoms with van der Waals surface area (Å²) < 4.78 is 0. The van der Waals surface area contributed by atoms with Crippen LogP contribution in [0.4, 0.5) is 11.4 Å². The van der Waals surface area contributed by atoms with Gasteiger partial charge in [0.25, 0.3) is 0 Å². The SMILES string of the molecule is Cc1ccccc1N1CC(C)(C)N(c2ccccc2C)[C@H]1C(C)(C)C. The fourth-order valence-electron chi connectivity index (χ4n) is 4.30. The standard InChI is InChI=1S/C23H32N2/c1-17-12-8-10-14-19(17)24-16-23(6,7)25(21(24)22(3,4)5)20-15-11-9-13-18(20)2/h8-15,21H,16H2,1-7H3/t21-/m0/s1. The molecule has 0 saturated carbocycles. The summed E-state index contributed by atoms with van der Waals surface area (Å²) in [5, 5.41) is 0. The molecule has 134 valence electrons. The van der Waals surface area contributed by atoms with Gasteiger partial charge < -0.3 is 9.80 Å². The molecule has 0 aromatic heterocycles. The van der Waals surface area contributed by atoms with E-state index in [1.807, 2.05) is 0 Å². The number of hydrogen-bond donors (Lipinski definition) is 0. The lowest BCUT2D eigenvalue weighted by molar-refractivity contribution is 0.310. The van der Waals surface area contributed by atoms with E-state index >= 15 is 0 Å². The van der Waals surface area contributed by atoms with Gasteiger partial charge in [0.15, 0.2) is 0 Å². The van der Waals surface area contributed by atoms with Gasteiger partial charge in [-0.2, -0.15) is 0 Å². The molecule has 1 heterocycles. The van der Waals surface area contributed by atoms with Crippen LogP contribution in [-0.2, 0) is 0 Å². The van der Waals surface area contributed by atoms with Crippen LogP contribution >= 0.6 is 0 Å². The molecule has 0 aliphatic carbocycles. The first-order valence-corrected chi connectivity index (χ1v) is 9.30. The second kappa shape index (κ2) is 6.09. The van der Waals surface area contributed by atoms with Crippen molar-refractivity contribution in [2.45, 2.75) is 60.2 Å². The molecule has 1 aliphatic rings. The molecular formula is C23H32N2. The largest absolute Gasteiger partial charge is 0.348 e. The minimum atomic E-state index is 0.0618. The molecule has 0 spiro atoms. The molecule has 0 radical (unpaired) electrons. The van der Waals surface area contributed by atoms with Crippen LogP contribution in [0.15, 0.2) is 48.5 Å². The monoisotopic (exact) mass is 336 g/mol. The van der Waals surface area contributed by atoms with E-state index in [0.717, 1.165) is 6.54 Å². The molecule has 2 aromatic carbocycles. The van der Waals surface area contributed by atoms with Crippen LogP contribution in [-0.4, -0.2) is 18.2 Å². The summed E-state index contributed by atoms with van der Waals surface area (Å²) in [6, 6.07) is 17.6. The molecular weight excluding hydrogens is 304 g/mol. The third-order valence-corrected chi connectivity index (χ3v) is 5.32. The lowest BCUT2D eigenvalue weighted by atomic mass is 9.89. The van der Waals surface area contributed by atoms with E-state index in [1.165, 1.54) is 22.5 Å². The summed E-state index contributed by atoms with van der Waals surface area (Å²) in [5.41, 5.74) is 5.58. The van der Waals surface area contributed by atoms with E-state index in [4.69, 9.17) is 0 Å². The Bertz CT molecular complexity index is 755. The zero-order chi connectivity index (χ0) is 18.4. The van der Waals surface area contributed by atoms with E-state index in [1.54, 1.807) is 0 Å². The molecule has 25 heavy (non-hydrogen) atoms. The van der Waals surface area contributed by atoms with Crippen molar-refractivity contribution in [3.05, 3.63) is 59.7 Å². The lowest BCUT2D eigenvalue weighted by Gasteiger charge is -2.45. The van der Waals surface area contributed by atoms with E-state index in [9.17, 15) is 0 Å². The Morgan fingerprint density at radius 2 is 1.32 bits per heavy atom. The molecule has 0 N–H and O–H groups in total. The van der Waals surface area contributed by atoms with Gasteiger partial charge >= 0.3 is 0 Å². The molecule has 0 bridgehead atoms. The summed E-state index contributed by atoms with van der Waals surface area (Å²) in [7, 11) is 0. The van der Waals surface area contributed by atoms with E-state index < -0.39 is 0 Å². The summed E-state index contributed by atoms with van der Waals surface area (Å²) in [6.07, 6.45) is 0.310. The van der Waals surface area contributed by atoms with Crippen LogP contribution in [0.2, 0.25) is 0 Å². The Morgan fingerprint density at radius 1 is 0.840 bits per heavy atom. The Labute approximate surface area is 153 Å². The van der Waals surface area contributed by atoms with Crippen molar-refractivity contribution in [3.8, 4) is 0 Å². The second-order valence-corrected chi connectivity index (χ2v) is 9.12. The van der Waals surface area contributed by atoms with Crippen LogP contribution in [0.5, 0.6) is 0 Å². The molecule has 1 aliphatic heterocycles. The predicted octanol–water partition coefficient (Wildman–Crippen LogP) is 5.78. The van der Waals surface area contributed by atoms with Gasteiger partial charge in [-0.1, -0.05) is 57.2 Å². The minimum absolute atomic E-state index is 0.0618. The molecule has 2 nitrogen and oxygen atoms in total. The highest BCUT2D eigenvalue weighted by molar-refractivity contribution is 5.65. The van der Waals surface area contributed by atoms with Crippen molar-refractivity contribution in [2.75, 3.05) is 16.3 Å². The van der Waals surface area contributed by atoms with E-state index in [-0.39, 0.29) is 11.0 Å². The Balaban J connectivity index is 2.17. The van der Waals surface area contributed by atoms with Gasteiger partial charge in [0.05, 0.1) is 5.54 Å². The molecule has 0 unspecified atom stereocenters. The molecule has 1 fully saturated rings. The van der Waals surface area contributed by atoms with Crippen LogP contribution in [0, 0.1) is 19.3 Å². The van der Waals surface area contributed by atoms with Gasteiger partial charge in [0.2, 0.25) is 0 Å².